The molecule has 5 nitrogen and oxygen atoms in total. The highest BCUT2D eigenvalue weighted by molar-refractivity contribution is 6.00. The average molecular weight is 423 g/mol. The van der Waals surface area contributed by atoms with Gasteiger partial charge in [-0.1, -0.05) is 42.8 Å². The zero-order chi connectivity index (χ0) is 22.0. The lowest BCUT2D eigenvalue weighted by Crippen LogP contribution is -2.41. The number of hydrogen-bond acceptors (Lipinski definition) is 4. The van der Waals surface area contributed by atoms with Gasteiger partial charge >= 0.3 is 6.09 Å². The first kappa shape index (κ1) is 21.7. The van der Waals surface area contributed by atoms with Crippen LogP contribution in [0.15, 0.2) is 34.9 Å². The summed E-state index contributed by atoms with van der Waals surface area (Å²) in [6, 6.07) is 10.8. The van der Waals surface area contributed by atoms with E-state index in [4.69, 9.17) is 9.26 Å². The van der Waals surface area contributed by atoms with Gasteiger partial charge in [0, 0.05) is 24.0 Å². The van der Waals surface area contributed by atoms with Crippen molar-refractivity contribution in [3.05, 3.63) is 41.6 Å². The van der Waals surface area contributed by atoms with E-state index < -0.39 is 5.60 Å². The summed E-state index contributed by atoms with van der Waals surface area (Å²) < 4.78 is 11.4. The van der Waals surface area contributed by atoms with Gasteiger partial charge < -0.3 is 14.2 Å². The minimum atomic E-state index is -0.442. The van der Waals surface area contributed by atoms with E-state index in [1.54, 1.807) is 0 Å². The second-order valence-electron chi connectivity index (χ2n) is 9.78. The Labute approximate surface area is 184 Å². The number of carbonyl (C=O) groups is 1. The number of aryl methyl sites for hydroxylation is 2. The van der Waals surface area contributed by atoms with Crippen LogP contribution in [0.3, 0.4) is 0 Å². The third kappa shape index (κ3) is 4.86. The van der Waals surface area contributed by atoms with Crippen LogP contribution in [0.2, 0.25) is 0 Å². The molecular weight excluding hydrogens is 388 g/mol. The molecule has 0 spiro atoms. The molecule has 0 saturated carbocycles. The molecular formula is C26H34N2O3. The first-order chi connectivity index (χ1) is 14.9. The molecule has 0 radical (unpaired) electrons. The molecule has 5 heteroatoms. The van der Waals surface area contributed by atoms with Crippen molar-refractivity contribution in [1.82, 2.24) is 10.1 Å². The maximum absolute atomic E-state index is 12.3. The molecule has 1 aliphatic heterocycles. The lowest BCUT2D eigenvalue weighted by molar-refractivity contribution is 0.0181. The second kappa shape index (κ2) is 8.89. The van der Waals surface area contributed by atoms with E-state index in [1.165, 1.54) is 16.3 Å². The van der Waals surface area contributed by atoms with E-state index in [1.807, 2.05) is 25.7 Å². The minimum absolute atomic E-state index is 0.191. The number of aromatic nitrogens is 1. The van der Waals surface area contributed by atoms with Crippen LogP contribution in [0.4, 0.5) is 4.79 Å². The monoisotopic (exact) mass is 422 g/mol. The van der Waals surface area contributed by atoms with Crippen molar-refractivity contribution in [2.45, 2.75) is 71.8 Å². The molecule has 1 fully saturated rings. The topological polar surface area (TPSA) is 55.6 Å². The van der Waals surface area contributed by atoms with E-state index in [2.05, 4.69) is 42.4 Å². The molecule has 1 aliphatic rings. The number of likely N-dealkylation sites (tertiary alicyclic amines) is 1. The lowest BCUT2D eigenvalue weighted by Gasteiger charge is -2.33. The largest absolute Gasteiger partial charge is 0.444 e. The Balaban J connectivity index is 1.43. The maximum atomic E-state index is 12.3. The van der Waals surface area contributed by atoms with Gasteiger partial charge in [0.15, 0.2) is 5.58 Å². The summed E-state index contributed by atoms with van der Waals surface area (Å²) in [6.07, 6.45) is 5.89. The maximum Gasteiger partial charge on any atom is 0.410 e. The smallest absolute Gasteiger partial charge is 0.410 e. The first-order valence-electron chi connectivity index (χ1n) is 11.6. The molecule has 0 aliphatic carbocycles. The van der Waals surface area contributed by atoms with Crippen molar-refractivity contribution in [2.24, 2.45) is 5.92 Å². The number of piperidine rings is 1. The van der Waals surface area contributed by atoms with E-state index in [9.17, 15) is 4.79 Å². The van der Waals surface area contributed by atoms with Crippen LogP contribution >= 0.6 is 0 Å². The fraction of sp³-hybridized carbons (Fsp3) is 0.538. The van der Waals surface area contributed by atoms with Crippen molar-refractivity contribution in [1.29, 1.82) is 0 Å². The fourth-order valence-electron chi connectivity index (χ4n) is 4.62. The Bertz CT molecular complexity index is 1060. The third-order valence-electron chi connectivity index (χ3n) is 6.22. The number of fused-ring (bicyclic) bond motifs is 2. The molecule has 166 valence electrons. The van der Waals surface area contributed by atoms with E-state index in [0.717, 1.165) is 68.3 Å². The van der Waals surface area contributed by atoms with Crippen molar-refractivity contribution in [2.75, 3.05) is 13.1 Å². The van der Waals surface area contributed by atoms with E-state index in [0.29, 0.717) is 5.92 Å². The Morgan fingerprint density at radius 3 is 2.61 bits per heavy atom. The fourth-order valence-corrected chi connectivity index (χ4v) is 4.62. The minimum Gasteiger partial charge on any atom is -0.444 e. The zero-order valence-corrected chi connectivity index (χ0v) is 19.2. The molecule has 0 unspecified atom stereocenters. The van der Waals surface area contributed by atoms with Crippen molar-refractivity contribution >= 4 is 27.8 Å². The number of hydrogen-bond donors (Lipinski definition) is 0. The molecule has 4 rings (SSSR count). The Kier molecular flexibility index (Phi) is 6.22. The summed E-state index contributed by atoms with van der Waals surface area (Å²) in [7, 11) is 0. The standard InChI is InChI=1S/C26H34N2O3/c1-5-8-21-20-10-7-6-9-19(20)17-22-23(27-31-24(21)22)12-11-18-13-15-28(16-14-18)25(29)30-26(2,3)4/h6-7,9-10,17-18H,5,8,11-16H2,1-4H3. The number of carbonyl (C=O) groups excluding carboxylic acids is 1. The molecule has 1 aromatic heterocycles. The van der Waals surface area contributed by atoms with E-state index >= 15 is 0 Å². The molecule has 1 amide bonds. The quantitative estimate of drug-likeness (QED) is 0.470. The second-order valence-corrected chi connectivity index (χ2v) is 9.78. The van der Waals surface area contributed by atoms with Crippen LogP contribution < -0.4 is 0 Å². The average Bonchev–Trinajstić information content (AvgIpc) is 3.14. The van der Waals surface area contributed by atoms with Crippen LogP contribution in [0, 0.1) is 5.92 Å². The zero-order valence-electron chi connectivity index (χ0n) is 19.2. The summed E-state index contributed by atoms with van der Waals surface area (Å²) in [6.45, 7) is 9.47. The number of rotatable bonds is 5. The predicted octanol–water partition coefficient (Wildman–Crippen LogP) is 6.51. The summed E-state index contributed by atoms with van der Waals surface area (Å²) in [5, 5.41) is 8.16. The van der Waals surface area contributed by atoms with Crippen LogP contribution in [-0.2, 0) is 17.6 Å². The molecule has 0 N–H and O–H groups in total. The molecule has 0 atom stereocenters. The van der Waals surface area contributed by atoms with Crippen LogP contribution in [0.5, 0.6) is 0 Å². The van der Waals surface area contributed by atoms with Gasteiger partial charge in [0.2, 0.25) is 0 Å². The molecule has 2 heterocycles. The van der Waals surface area contributed by atoms with Crippen LogP contribution in [0.1, 0.15) is 64.6 Å². The number of nitrogens with zero attached hydrogens (tertiary/aromatic N) is 2. The SMILES string of the molecule is CCCc1c2ccccc2cc2c(CCC3CCN(C(=O)OC(C)(C)C)CC3)noc12. The highest BCUT2D eigenvalue weighted by atomic mass is 16.6. The van der Waals surface area contributed by atoms with Crippen molar-refractivity contribution in [3.8, 4) is 0 Å². The Hall–Kier alpha value is -2.56. The van der Waals surface area contributed by atoms with Gasteiger partial charge in [0.1, 0.15) is 5.60 Å². The number of benzene rings is 2. The van der Waals surface area contributed by atoms with Crippen LogP contribution in [0.25, 0.3) is 21.7 Å². The van der Waals surface area contributed by atoms with Crippen molar-refractivity contribution in [3.63, 3.8) is 0 Å². The number of ether oxygens (including phenoxy) is 1. The van der Waals surface area contributed by atoms with Gasteiger partial charge in [0.25, 0.3) is 0 Å². The lowest BCUT2D eigenvalue weighted by atomic mass is 9.90. The third-order valence-corrected chi connectivity index (χ3v) is 6.22. The first-order valence-corrected chi connectivity index (χ1v) is 11.6. The normalized spacial score (nSPS) is 15.7. The molecule has 3 aromatic rings. The van der Waals surface area contributed by atoms with Gasteiger partial charge in [-0.3, -0.25) is 0 Å². The highest BCUT2D eigenvalue weighted by Crippen LogP contribution is 2.33. The number of amides is 1. The predicted molar refractivity (Wildman–Crippen MR) is 124 cm³/mol. The summed E-state index contributed by atoms with van der Waals surface area (Å²) in [5.41, 5.74) is 2.85. The Morgan fingerprint density at radius 2 is 1.90 bits per heavy atom. The summed E-state index contributed by atoms with van der Waals surface area (Å²) in [4.78, 5) is 14.1. The van der Waals surface area contributed by atoms with Gasteiger partial charge in [-0.2, -0.15) is 0 Å². The van der Waals surface area contributed by atoms with Crippen LogP contribution in [-0.4, -0.2) is 34.8 Å². The highest BCUT2D eigenvalue weighted by Gasteiger charge is 2.27. The van der Waals surface area contributed by atoms with Gasteiger partial charge in [-0.25, -0.2) is 4.79 Å². The summed E-state index contributed by atoms with van der Waals surface area (Å²) in [5.74, 6) is 0.598. The Morgan fingerprint density at radius 1 is 1.16 bits per heavy atom. The summed E-state index contributed by atoms with van der Waals surface area (Å²) >= 11 is 0. The molecule has 0 bridgehead atoms. The van der Waals surface area contributed by atoms with Crippen molar-refractivity contribution < 1.29 is 14.1 Å². The van der Waals surface area contributed by atoms with Gasteiger partial charge in [-0.05, 0) is 75.6 Å². The van der Waals surface area contributed by atoms with E-state index in [-0.39, 0.29) is 6.09 Å². The van der Waals surface area contributed by atoms with Gasteiger partial charge in [0.05, 0.1) is 5.69 Å². The van der Waals surface area contributed by atoms with Gasteiger partial charge in [-0.15, -0.1) is 0 Å². The molecule has 31 heavy (non-hydrogen) atoms. The molecule has 2 aromatic carbocycles. The molecule has 1 saturated heterocycles.